The Labute approximate surface area is 201 Å². The number of methoxy groups -OCH3 is 1. The summed E-state index contributed by atoms with van der Waals surface area (Å²) in [5.74, 6) is 2.86. The van der Waals surface area contributed by atoms with E-state index in [9.17, 15) is 0 Å². The first-order valence-corrected chi connectivity index (χ1v) is 11.0. The highest BCUT2D eigenvalue weighted by atomic mass is 35.5. The summed E-state index contributed by atoms with van der Waals surface area (Å²) in [6.07, 6.45) is 1.60. The summed E-state index contributed by atoms with van der Waals surface area (Å²) in [7, 11) is 1.57. The highest BCUT2D eigenvalue weighted by Crippen LogP contribution is 2.30. The molecule has 0 bridgehead atoms. The zero-order valence-electron chi connectivity index (χ0n) is 18.3. The van der Waals surface area contributed by atoms with E-state index in [2.05, 4.69) is 10.1 Å². The molecule has 2 heterocycles. The quantitative estimate of drug-likeness (QED) is 0.289. The summed E-state index contributed by atoms with van der Waals surface area (Å²) < 4.78 is 18.6. The van der Waals surface area contributed by atoms with E-state index in [0.717, 1.165) is 11.3 Å². The molecule has 9 heteroatoms. The first kappa shape index (κ1) is 23.0. The molecule has 0 aliphatic carbocycles. The largest absolute Gasteiger partial charge is 0.495 e. The molecule has 4 aromatic rings. The van der Waals surface area contributed by atoms with Crippen molar-refractivity contribution in [2.24, 2.45) is 0 Å². The smallest absolute Gasteiger partial charge is 0.219 e. The second-order valence-corrected chi connectivity index (χ2v) is 8.23. The van der Waals surface area contributed by atoms with Crippen molar-refractivity contribution in [1.29, 1.82) is 0 Å². The fourth-order valence-electron chi connectivity index (χ4n) is 3.02. The van der Waals surface area contributed by atoms with Gasteiger partial charge in [-0.15, -0.1) is 5.10 Å². The molecule has 170 valence electrons. The molecule has 4 rings (SSSR count). The van der Waals surface area contributed by atoms with Crippen LogP contribution in [0.3, 0.4) is 0 Å². The van der Waals surface area contributed by atoms with Crippen LogP contribution in [0.15, 0.2) is 60.8 Å². The maximum atomic E-state index is 6.21. The molecule has 0 N–H and O–H groups in total. The van der Waals surface area contributed by atoms with Gasteiger partial charge in [0.2, 0.25) is 5.88 Å². The molecule has 0 amide bonds. The first-order chi connectivity index (χ1) is 15.9. The van der Waals surface area contributed by atoms with Crippen LogP contribution in [-0.2, 0) is 11.3 Å². The summed E-state index contributed by atoms with van der Waals surface area (Å²) in [6, 6.07) is 16.4. The van der Waals surface area contributed by atoms with Crippen molar-refractivity contribution in [3.63, 3.8) is 0 Å². The van der Waals surface area contributed by atoms with E-state index in [4.69, 9.17) is 42.4 Å². The second kappa shape index (κ2) is 10.2. The van der Waals surface area contributed by atoms with Crippen LogP contribution in [0.1, 0.15) is 19.7 Å². The third kappa shape index (κ3) is 5.63. The Morgan fingerprint density at radius 1 is 1.00 bits per heavy atom. The van der Waals surface area contributed by atoms with Crippen LogP contribution >= 0.6 is 23.2 Å². The first-order valence-electron chi connectivity index (χ1n) is 10.2. The summed E-state index contributed by atoms with van der Waals surface area (Å²) in [5, 5.41) is 5.73. The van der Waals surface area contributed by atoms with Crippen molar-refractivity contribution < 1.29 is 14.2 Å². The Bertz CT molecular complexity index is 1230. The molecule has 33 heavy (non-hydrogen) atoms. The predicted octanol–water partition coefficient (Wildman–Crippen LogP) is 6.36. The third-order valence-electron chi connectivity index (χ3n) is 4.61. The molecular weight excluding hydrogens is 463 g/mol. The number of ether oxygens (including phenoxy) is 3. The summed E-state index contributed by atoms with van der Waals surface area (Å²) >= 11 is 12.1. The molecular formula is C24H22Cl2N4O3. The number of halogens is 2. The standard InChI is InChI=1S/C24H22Cl2N4O3/c1-15(2)32-14-22-28-24(30(29-22)18-7-10-20(26)21(12-18)31-3)16-4-8-19(9-5-16)33-23-11-6-17(25)13-27-23/h4-13,15H,14H2,1-3H3. The lowest BCUT2D eigenvalue weighted by molar-refractivity contribution is 0.0613. The Morgan fingerprint density at radius 2 is 1.79 bits per heavy atom. The molecule has 0 atom stereocenters. The normalized spacial score (nSPS) is 11.1. The van der Waals surface area contributed by atoms with Crippen molar-refractivity contribution in [1.82, 2.24) is 19.7 Å². The van der Waals surface area contributed by atoms with Gasteiger partial charge in [0.1, 0.15) is 18.1 Å². The minimum atomic E-state index is 0.0638. The monoisotopic (exact) mass is 484 g/mol. The van der Waals surface area contributed by atoms with Crippen molar-refractivity contribution >= 4 is 23.2 Å². The fraction of sp³-hybridized carbons (Fsp3) is 0.208. The number of benzene rings is 2. The van der Waals surface area contributed by atoms with E-state index in [1.54, 1.807) is 30.0 Å². The number of nitrogens with zero attached hydrogens (tertiary/aromatic N) is 4. The molecule has 0 radical (unpaired) electrons. The summed E-state index contributed by atoms with van der Waals surface area (Å²) in [5.41, 5.74) is 1.61. The van der Waals surface area contributed by atoms with Crippen LogP contribution in [0.5, 0.6) is 17.4 Å². The predicted molar refractivity (Wildman–Crippen MR) is 128 cm³/mol. The van der Waals surface area contributed by atoms with Crippen LogP contribution in [0.2, 0.25) is 10.0 Å². The lowest BCUT2D eigenvalue weighted by Gasteiger charge is -2.10. The Hall–Kier alpha value is -3.13. The van der Waals surface area contributed by atoms with Gasteiger partial charge in [-0.3, -0.25) is 0 Å². The maximum Gasteiger partial charge on any atom is 0.219 e. The molecule has 0 unspecified atom stereocenters. The molecule has 0 saturated heterocycles. The number of rotatable bonds is 8. The number of hydrogen-bond donors (Lipinski definition) is 0. The molecule has 0 saturated carbocycles. The summed E-state index contributed by atoms with van der Waals surface area (Å²) in [6.45, 7) is 4.23. The van der Waals surface area contributed by atoms with Crippen LogP contribution in [0.4, 0.5) is 0 Å². The van der Waals surface area contributed by atoms with Gasteiger partial charge in [0.25, 0.3) is 0 Å². The fourth-order valence-corrected chi connectivity index (χ4v) is 3.33. The Balaban J connectivity index is 1.67. The SMILES string of the molecule is COc1cc(-n2nc(COC(C)C)nc2-c2ccc(Oc3ccc(Cl)cn3)cc2)ccc1Cl. The van der Waals surface area contributed by atoms with E-state index >= 15 is 0 Å². The van der Waals surface area contributed by atoms with E-state index in [0.29, 0.717) is 45.7 Å². The van der Waals surface area contributed by atoms with E-state index < -0.39 is 0 Å². The van der Waals surface area contributed by atoms with Gasteiger partial charge in [-0.1, -0.05) is 23.2 Å². The number of pyridine rings is 1. The molecule has 7 nitrogen and oxygen atoms in total. The number of hydrogen-bond acceptors (Lipinski definition) is 6. The van der Waals surface area contributed by atoms with Gasteiger partial charge in [0.15, 0.2) is 11.6 Å². The lowest BCUT2D eigenvalue weighted by atomic mass is 10.2. The van der Waals surface area contributed by atoms with Crippen molar-refractivity contribution in [3.05, 3.63) is 76.7 Å². The van der Waals surface area contributed by atoms with Crippen molar-refractivity contribution in [2.75, 3.05) is 7.11 Å². The van der Waals surface area contributed by atoms with Crippen molar-refractivity contribution in [2.45, 2.75) is 26.6 Å². The van der Waals surface area contributed by atoms with E-state index in [-0.39, 0.29) is 6.10 Å². The molecule has 2 aromatic carbocycles. The lowest BCUT2D eigenvalue weighted by Crippen LogP contribution is -2.04. The average molecular weight is 485 g/mol. The Kier molecular flexibility index (Phi) is 7.13. The van der Waals surface area contributed by atoms with Crippen LogP contribution < -0.4 is 9.47 Å². The van der Waals surface area contributed by atoms with Gasteiger partial charge in [-0.25, -0.2) is 14.6 Å². The maximum absolute atomic E-state index is 6.21. The third-order valence-corrected chi connectivity index (χ3v) is 5.15. The Morgan fingerprint density at radius 3 is 2.45 bits per heavy atom. The van der Waals surface area contributed by atoms with Crippen LogP contribution in [0.25, 0.3) is 17.1 Å². The highest BCUT2D eigenvalue weighted by molar-refractivity contribution is 6.32. The van der Waals surface area contributed by atoms with Gasteiger partial charge in [-0.2, -0.15) is 0 Å². The highest BCUT2D eigenvalue weighted by Gasteiger charge is 2.16. The van der Waals surface area contributed by atoms with Gasteiger partial charge in [0.05, 0.1) is 28.9 Å². The molecule has 0 fully saturated rings. The zero-order chi connectivity index (χ0) is 23.4. The zero-order valence-corrected chi connectivity index (χ0v) is 19.8. The van der Waals surface area contributed by atoms with E-state index in [1.165, 1.54) is 6.20 Å². The molecule has 0 aliphatic heterocycles. The minimum absolute atomic E-state index is 0.0638. The van der Waals surface area contributed by atoms with Gasteiger partial charge >= 0.3 is 0 Å². The topological polar surface area (TPSA) is 71.3 Å². The molecule has 0 aliphatic rings. The van der Waals surface area contributed by atoms with Crippen LogP contribution in [0, 0.1) is 0 Å². The summed E-state index contributed by atoms with van der Waals surface area (Å²) in [4.78, 5) is 8.87. The second-order valence-electron chi connectivity index (χ2n) is 7.38. The van der Waals surface area contributed by atoms with E-state index in [1.807, 2.05) is 50.2 Å². The minimum Gasteiger partial charge on any atom is -0.495 e. The molecule has 0 spiro atoms. The van der Waals surface area contributed by atoms with Gasteiger partial charge < -0.3 is 14.2 Å². The number of aromatic nitrogens is 4. The average Bonchev–Trinajstić information content (AvgIpc) is 3.24. The van der Waals surface area contributed by atoms with Gasteiger partial charge in [0, 0.05) is 23.9 Å². The van der Waals surface area contributed by atoms with Gasteiger partial charge in [-0.05, 0) is 56.3 Å². The van der Waals surface area contributed by atoms with Crippen LogP contribution in [-0.4, -0.2) is 33.0 Å². The molecule has 2 aromatic heterocycles. The van der Waals surface area contributed by atoms with Crippen molar-refractivity contribution in [3.8, 4) is 34.5 Å².